The molecule has 7 nitrogen and oxygen atoms in total. The maximum atomic E-state index is 12.5. The second-order valence-electron chi connectivity index (χ2n) is 5.72. The van der Waals surface area contributed by atoms with Gasteiger partial charge in [-0.2, -0.15) is 12.7 Å². The molecule has 8 heteroatoms. The van der Waals surface area contributed by atoms with Gasteiger partial charge in [-0.15, -0.1) is 0 Å². The van der Waals surface area contributed by atoms with E-state index in [1.165, 1.54) is 26.2 Å². The lowest BCUT2D eigenvalue weighted by Gasteiger charge is -2.39. The fourth-order valence-electron chi connectivity index (χ4n) is 2.35. The highest BCUT2D eigenvalue weighted by Crippen LogP contribution is 2.34. The molecule has 0 spiro atoms. The molecule has 1 heterocycles. The minimum atomic E-state index is -4.44. The number of carbonyl (C=O) groups excluding carboxylic acids is 2. The summed E-state index contributed by atoms with van der Waals surface area (Å²) in [7, 11) is -3.14. The maximum Gasteiger partial charge on any atom is 0.414 e. The Morgan fingerprint density at radius 1 is 1.30 bits per heavy atom. The first-order chi connectivity index (χ1) is 10.7. The molecule has 1 aliphatic rings. The minimum Gasteiger partial charge on any atom is -0.367 e. The van der Waals surface area contributed by atoms with E-state index in [-0.39, 0.29) is 18.6 Å². The third-order valence-corrected chi connectivity index (χ3v) is 5.14. The molecule has 1 saturated heterocycles. The molecule has 2 atom stereocenters. The summed E-state index contributed by atoms with van der Waals surface area (Å²) < 4.78 is 35.6. The van der Waals surface area contributed by atoms with Crippen LogP contribution in [0.4, 0.5) is 0 Å². The van der Waals surface area contributed by atoms with Crippen LogP contribution in [0.3, 0.4) is 0 Å². The molecule has 23 heavy (non-hydrogen) atoms. The van der Waals surface area contributed by atoms with E-state index in [1.54, 1.807) is 12.1 Å². The van der Waals surface area contributed by atoms with Crippen LogP contribution < -0.4 is 4.18 Å². The summed E-state index contributed by atoms with van der Waals surface area (Å²) in [5, 5.41) is 0. The smallest absolute Gasteiger partial charge is 0.367 e. The van der Waals surface area contributed by atoms with Gasteiger partial charge in [0.1, 0.15) is 23.7 Å². The number of benzene rings is 1. The monoisotopic (exact) mass is 341 g/mol. The predicted octanol–water partition coefficient (Wildman–Crippen LogP) is 1.42. The van der Waals surface area contributed by atoms with Crippen LogP contribution in [-0.4, -0.2) is 38.3 Å². The van der Waals surface area contributed by atoms with Gasteiger partial charge in [-0.3, -0.25) is 4.79 Å². The van der Waals surface area contributed by atoms with Gasteiger partial charge in [0.05, 0.1) is 0 Å². The van der Waals surface area contributed by atoms with Gasteiger partial charge >= 0.3 is 10.3 Å². The number of ether oxygens (including phenoxy) is 1. The summed E-state index contributed by atoms with van der Waals surface area (Å²) in [6.07, 6.45) is -0.0977. The number of piperidine rings is 1. The zero-order chi connectivity index (χ0) is 17.3. The van der Waals surface area contributed by atoms with Crippen molar-refractivity contribution in [3.05, 3.63) is 29.8 Å². The third kappa shape index (κ3) is 3.37. The van der Waals surface area contributed by atoms with Crippen molar-refractivity contribution in [2.45, 2.75) is 32.9 Å². The number of aldehydes is 1. The van der Waals surface area contributed by atoms with E-state index in [9.17, 15) is 18.0 Å². The van der Waals surface area contributed by atoms with Gasteiger partial charge in [0.25, 0.3) is 5.91 Å². The number of aryl methyl sites for hydroxylation is 1. The van der Waals surface area contributed by atoms with E-state index in [0.717, 1.165) is 5.56 Å². The molecule has 0 unspecified atom stereocenters. The van der Waals surface area contributed by atoms with Crippen molar-refractivity contribution >= 4 is 22.5 Å². The van der Waals surface area contributed by atoms with E-state index in [0.29, 0.717) is 10.6 Å². The van der Waals surface area contributed by atoms with Crippen molar-refractivity contribution < 1.29 is 26.9 Å². The first kappa shape index (κ1) is 17.4. The summed E-state index contributed by atoms with van der Waals surface area (Å²) in [5.41, 5.74) is -0.467. The van der Waals surface area contributed by atoms with Crippen molar-refractivity contribution in [3.63, 3.8) is 0 Å². The van der Waals surface area contributed by atoms with Crippen molar-refractivity contribution in [3.8, 4) is 5.75 Å². The van der Waals surface area contributed by atoms with Gasteiger partial charge in [-0.25, -0.2) is 0 Å². The molecular formula is C15H19NO6S. The van der Waals surface area contributed by atoms with Gasteiger partial charge in [-0.1, -0.05) is 17.7 Å². The Morgan fingerprint density at radius 3 is 2.43 bits per heavy atom. The predicted molar refractivity (Wildman–Crippen MR) is 81.8 cm³/mol. The van der Waals surface area contributed by atoms with Gasteiger partial charge < -0.3 is 13.7 Å². The standard InChI is InChI=1S/C15H19NO6S/c1-11-4-6-12(7-5-11)22-23(19,20)16-13(21-3)8-9-15(2,10-17)14(16)18/h4-7,10,13H,8-9H2,1-3H3/t13-,15-/m0/s1. The summed E-state index contributed by atoms with van der Waals surface area (Å²) >= 11 is 0. The van der Waals surface area contributed by atoms with Crippen LogP contribution in [-0.2, 0) is 24.6 Å². The minimum absolute atomic E-state index is 0.0802. The van der Waals surface area contributed by atoms with Gasteiger partial charge in [0.2, 0.25) is 0 Å². The number of hydrogen-bond donors (Lipinski definition) is 0. The Hall–Kier alpha value is -1.93. The molecular weight excluding hydrogens is 322 g/mol. The molecule has 0 aliphatic carbocycles. The maximum absolute atomic E-state index is 12.5. The molecule has 0 saturated carbocycles. The molecule has 2 rings (SSSR count). The first-order valence-electron chi connectivity index (χ1n) is 7.07. The van der Waals surface area contributed by atoms with Gasteiger partial charge in [0, 0.05) is 7.11 Å². The van der Waals surface area contributed by atoms with Crippen LogP contribution in [0.5, 0.6) is 5.75 Å². The molecule has 1 aliphatic heterocycles. The molecule has 1 fully saturated rings. The number of methoxy groups -OCH3 is 1. The van der Waals surface area contributed by atoms with E-state index in [1.807, 2.05) is 6.92 Å². The molecule has 1 aromatic rings. The van der Waals surface area contributed by atoms with Gasteiger partial charge in [0.15, 0.2) is 0 Å². The summed E-state index contributed by atoms with van der Waals surface area (Å²) in [6.45, 7) is 3.26. The quantitative estimate of drug-likeness (QED) is 0.594. The molecule has 126 valence electrons. The normalized spacial score (nSPS) is 25.3. The number of amides is 1. The van der Waals surface area contributed by atoms with E-state index in [2.05, 4.69) is 0 Å². The average molecular weight is 341 g/mol. The Bertz CT molecular complexity index is 699. The summed E-state index contributed by atoms with van der Waals surface area (Å²) in [6, 6.07) is 6.35. The molecule has 0 N–H and O–H groups in total. The van der Waals surface area contributed by atoms with Crippen molar-refractivity contribution in [1.82, 2.24) is 4.31 Å². The van der Waals surface area contributed by atoms with Crippen LogP contribution in [0.25, 0.3) is 0 Å². The summed E-state index contributed by atoms with van der Waals surface area (Å²) in [5.74, 6) is -0.769. The van der Waals surface area contributed by atoms with Gasteiger partial charge in [-0.05, 0) is 38.8 Å². The van der Waals surface area contributed by atoms with E-state index < -0.39 is 27.9 Å². The highest BCUT2D eigenvalue weighted by atomic mass is 32.2. The number of nitrogens with zero attached hydrogens (tertiary/aromatic N) is 1. The fourth-order valence-corrected chi connectivity index (χ4v) is 3.68. The number of hydrogen-bond acceptors (Lipinski definition) is 6. The Balaban J connectivity index is 2.35. The SMILES string of the molecule is CO[C@H]1CC[C@@](C)(C=O)C(=O)N1S(=O)(=O)Oc1ccc(C)cc1. The highest BCUT2D eigenvalue weighted by molar-refractivity contribution is 7.85. The average Bonchev–Trinajstić information content (AvgIpc) is 2.51. The molecule has 1 amide bonds. The zero-order valence-electron chi connectivity index (χ0n) is 13.2. The van der Waals surface area contributed by atoms with Crippen LogP contribution in [0.1, 0.15) is 25.3 Å². The molecule has 0 aromatic heterocycles. The Morgan fingerprint density at radius 2 is 1.91 bits per heavy atom. The molecule has 0 bridgehead atoms. The second-order valence-corrected chi connectivity index (χ2v) is 7.13. The fraction of sp³-hybridized carbons (Fsp3) is 0.467. The Labute approximate surface area is 135 Å². The topological polar surface area (TPSA) is 90.0 Å². The number of rotatable bonds is 5. The molecule has 0 radical (unpaired) electrons. The lowest BCUT2D eigenvalue weighted by atomic mass is 9.83. The van der Waals surface area contributed by atoms with Crippen LogP contribution in [0.15, 0.2) is 24.3 Å². The van der Waals surface area contributed by atoms with Crippen molar-refractivity contribution in [1.29, 1.82) is 0 Å². The van der Waals surface area contributed by atoms with Crippen molar-refractivity contribution in [2.75, 3.05) is 7.11 Å². The zero-order valence-corrected chi connectivity index (χ0v) is 14.0. The van der Waals surface area contributed by atoms with E-state index in [4.69, 9.17) is 8.92 Å². The third-order valence-electron chi connectivity index (χ3n) is 3.86. The van der Waals surface area contributed by atoms with Crippen LogP contribution in [0.2, 0.25) is 0 Å². The summed E-state index contributed by atoms with van der Waals surface area (Å²) in [4.78, 5) is 23.7. The lowest BCUT2D eigenvalue weighted by molar-refractivity contribution is -0.155. The van der Waals surface area contributed by atoms with E-state index >= 15 is 0 Å². The highest BCUT2D eigenvalue weighted by Gasteiger charge is 2.50. The lowest BCUT2D eigenvalue weighted by Crippen LogP contribution is -2.57. The first-order valence-corrected chi connectivity index (χ1v) is 8.44. The largest absolute Gasteiger partial charge is 0.414 e. The van der Waals surface area contributed by atoms with Crippen molar-refractivity contribution in [2.24, 2.45) is 5.41 Å². The van der Waals surface area contributed by atoms with Crippen LogP contribution >= 0.6 is 0 Å². The Kier molecular flexibility index (Phi) is 4.76. The molecule has 1 aromatic carbocycles. The second kappa shape index (κ2) is 6.29. The number of carbonyl (C=O) groups is 2. The van der Waals surface area contributed by atoms with Crippen LogP contribution in [0, 0.1) is 12.3 Å².